The van der Waals surface area contributed by atoms with Gasteiger partial charge in [0.25, 0.3) is 0 Å². The molecule has 2 unspecified atom stereocenters. The number of Topliss-reactive ketones (excluding diaryl/α,β-unsaturated/α-hetero) is 2. The van der Waals surface area contributed by atoms with Crippen molar-refractivity contribution >= 4 is 11.6 Å². The van der Waals surface area contributed by atoms with Crippen molar-refractivity contribution in [3.63, 3.8) is 0 Å². The van der Waals surface area contributed by atoms with E-state index < -0.39 is 0 Å². The summed E-state index contributed by atoms with van der Waals surface area (Å²) in [6, 6.07) is 0. The molecule has 0 aromatic carbocycles. The first kappa shape index (κ1) is 7.86. The summed E-state index contributed by atoms with van der Waals surface area (Å²) in [5, 5.41) is 8.06. The normalized spacial score (nSPS) is 27.3. The molecule has 1 aliphatic carbocycles. The highest BCUT2D eigenvalue weighted by Gasteiger charge is 2.47. The first-order valence-electron chi connectivity index (χ1n) is 3.51. The topological polar surface area (TPSA) is 62.3 Å². The minimum atomic E-state index is -0.172. The summed E-state index contributed by atoms with van der Waals surface area (Å²) >= 11 is 0. The number of nitrogens with zero attached hydrogens (tertiary/aromatic N) is 2. The van der Waals surface area contributed by atoms with Crippen LogP contribution in [0, 0.1) is 17.2 Å². The van der Waals surface area contributed by atoms with Crippen LogP contribution >= 0.6 is 0 Å². The van der Waals surface area contributed by atoms with E-state index >= 15 is 0 Å². The monoisotopic (exact) mass is 153 g/mol. The third-order valence-electron chi connectivity index (χ3n) is 1.95. The summed E-state index contributed by atoms with van der Waals surface area (Å²) in [6.07, 6.45) is 0.643. The second kappa shape index (κ2) is 2.79. The molecule has 1 rings (SSSR count). The predicted octanol–water partition coefficient (Wildman–Crippen LogP) is 0.634. The van der Waals surface area contributed by atoms with Crippen LogP contribution in [0.3, 0.4) is 0 Å². The Balaban J connectivity index is 2.39. The lowest BCUT2D eigenvalue weighted by Crippen LogP contribution is -2.08. The largest absolute Gasteiger partial charge is 0.362 e. The lowest BCUT2D eigenvalue weighted by molar-refractivity contribution is -0.123. The molecule has 2 atom stereocenters. The lowest BCUT2D eigenvalue weighted by atomic mass is 10.2. The van der Waals surface area contributed by atoms with Gasteiger partial charge in [-0.15, -0.1) is 0 Å². The highest BCUT2D eigenvalue weighted by atomic mass is 16.1. The number of hydrogen-bond acceptors (Lipinski definition) is 3. The molecule has 0 amide bonds. The van der Waals surface area contributed by atoms with Gasteiger partial charge >= 0.3 is 6.54 Å². The fraction of sp³-hybridized carbons (Fsp3) is 0.714. The van der Waals surface area contributed by atoms with Crippen molar-refractivity contribution in [1.82, 2.24) is 0 Å². The second-order valence-electron chi connectivity index (χ2n) is 2.83. The Hall–Kier alpha value is -1.24. The molecule has 1 aliphatic rings. The van der Waals surface area contributed by atoms with E-state index in [4.69, 9.17) is 5.39 Å². The van der Waals surface area contributed by atoms with E-state index in [-0.39, 0.29) is 29.9 Å². The Bertz CT molecular complexity index is 241. The Morgan fingerprint density at radius 3 is 2.55 bits per heavy atom. The Morgan fingerprint density at radius 2 is 2.18 bits per heavy atom. The molecule has 0 N–H and O–H groups in total. The van der Waals surface area contributed by atoms with E-state index in [0.29, 0.717) is 6.42 Å². The van der Waals surface area contributed by atoms with Gasteiger partial charge in [-0.2, -0.15) is 0 Å². The van der Waals surface area contributed by atoms with Crippen molar-refractivity contribution < 1.29 is 9.59 Å². The van der Waals surface area contributed by atoms with Crippen molar-refractivity contribution in [2.24, 2.45) is 11.8 Å². The van der Waals surface area contributed by atoms with Crippen molar-refractivity contribution in [2.75, 3.05) is 6.54 Å². The van der Waals surface area contributed by atoms with Crippen LogP contribution in [0.4, 0.5) is 0 Å². The lowest BCUT2D eigenvalue weighted by Gasteiger charge is -1.85. The van der Waals surface area contributed by atoms with Crippen LogP contribution in [0.5, 0.6) is 0 Å². The molecular formula is C7H9N2O2+. The van der Waals surface area contributed by atoms with Gasteiger partial charge in [0.15, 0.2) is 0 Å². The Labute approximate surface area is 64.2 Å². The summed E-state index contributed by atoms with van der Waals surface area (Å²) in [5.74, 6) is -0.332. The zero-order valence-corrected chi connectivity index (χ0v) is 6.28. The van der Waals surface area contributed by atoms with Gasteiger partial charge in [-0.1, -0.05) is 0 Å². The van der Waals surface area contributed by atoms with Crippen LogP contribution in [0.15, 0.2) is 0 Å². The molecular weight excluding hydrogens is 144 g/mol. The first-order chi connectivity index (χ1) is 5.16. The zero-order chi connectivity index (χ0) is 8.43. The van der Waals surface area contributed by atoms with Gasteiger partial charge in [-0.25, -0.2) is 0 Å². The molecule has 0 spiro atoms. The molecule has 0 aromatic heterocycles. The fourth-order valence-corrected chi connectivity index (χ4v) is 1.19. The third-order valence-corrected chi connectivity index (χ3v) is 1.95. The van der Waals surface area contributed by atoms with Crippen LogP contribution in [-0.2, 0) is 9.59 Å². The molecule has 4 nitrogen and oxygen atoms in total. The number of carbonyl (C=O) groups is 2. The van der Waals surface area contributed by atoms with Crippen LogP contribution in [-0.4, -0.2) is 18.1 Å². The van der Waals surface area contributed by atoms with Crippen molar-refractivity contribution in [2.45, 2.75) is 13.3 Å². The van der Waals surface area contributed by atoms with E-state index in [2.05, 4.69) is 4.98 Å². The summed E-state index contributed by atoms with van der Waals surface area (Å²) in [6.45, 7) is 1.31. The van der Waals surface area contributed by atoms with Crippen molar-refractivity contribution in [1.29, 1.82) is 5.39 Å². The fourth-order valence-electron chi connectivity index (χ4n) is 1.19. The van der Waals surface area contributed by atoms with Crippen LogP contribution in [0.2, 0.25) is 0 Å². The van der Waals surface area contributed by atoms with E-state index in [0.717, 1.165) is 0 Å². The smallest absolute Gasteiger partial charge is 0.300 e. The average molecular weight is 153 g/mol. The highest BCUT2D eigenvalue weighted by Crippen LogP contribution is 2.39. The number of hydrogen-bond donors (Lipinski definition) is 0. The molecule has 0 aromatic rings. The maximum Gasteiger partial charge on any atom is 0.362 e. The van der Waals surface area contributed by atoms with E-state index in [1.807, 2.05) is 0 Å². The van der Waals surface area contributed by atoms with Crippen LogP contribution < -0.4 is 0 Å². The number of rotatable bonds is 3. The maximum atomic E-state index is 10.9. The van der Waals surface area contributed by atoms with Gasteiger partial charge in [0, 0.05) is 11.8 Å². The van der Waals surface area contributed by atoms with Crippen LogP contribution in [0.25, 0.3) is 4.98 Å². The first-order valence-corrected chi connectivity index (χ1v) is 3.51. The van der Waals surface area contributed by atoms with E-state index in [9.17, 15) is 9.59 Å². The Kier molecular flexibility index (Phi) is 1.99. The zero-order valence-electron chi connectivity index (χ0n) is 6.28. The summed E-state index contributed by atoms with van der Waals surface area (Å²) in [5.41, 5.74) is 0. The quantitative estimate of drug-likeness (QED) is 0.559. The van der Waals surface area contributed by atoms with Gasteiger partial charge in [0.1, 0.15) is 10.8 Å². The van der Waals surface area contributed by atoms with Gasteiger partial charge in [-0.05, 0) is 13.3 Å². The number of diazo groups is 1. The maximum absolute atomic E-state index is 10.9. The summed E-state index contributed by atoms with van der Waals surface area (Å²) in [4.78, 5) is 24.3. The van der Waals surface area contributed by atoms with Crippen molar-refractivity contribution in [3.05, 3.63) is 4.98 Å². The summed E-state index contributed by atoms with van der Waals surface area (Å²) < 4.78 is 0. The van der Waals surface area contributed by atoms with Crippen molar-refractivity contribution in [3.8, 4) is 0 Å². The van der Waals surface area contributed by atoms with Gasteiger partial charge in [0.2, 0.25) is 11.2 Å². The summed E-state index contributed by atoms with van der Waals surface area (Å²) in [7, 11) is 0. The number of carbonyl (C=O) groups excluding carboxylic acids is 2. The molecule has 1 fully saturated rings. The van der Waals surface area contributed by atoms with Gasteiger partial charge in [0.05, 0.1) is 0 Å². The second-order valence-corrected chi connectivity index (χ2v) is 2.83. The predicted molar refractivity (Wildman–Crippen MR) is 37.2 cm³/mol. The molecule has 0 heterocycles. The molecule has 0 aliphatic heterocycles. The Morgan fingerprint density at radius 1 is 1.55 bits per heavy atom. The minimum Gasteiger partial charge on any atom is -0.300 e. The average Bonchev–Trinajstić information content (AvgIpc) is 2.65. The standard InChI is InChI=1S/C7H9N2O2/c1-4(10)5-2-6(5)7(11)3-9-8/h5-6H,2-3H2,1H3/q+1. The molecule has 0 radical (unpaired) electrons. The number of ketones is 2. The molecule has 58 valence electrons. The van der Waals surface area contributed by atoms with Crippen LogP contribution in [0.1, 0.15) is 13.3 Å². The van der Waals surface area contributed by atoms with E-state index in [1.54, 1.807) is 0 Å². The molecule has 11 heavy (non-hydrogen) atoms. The van der Waals surface area contributed by atoms with Gasteiger partial charge in [-0.3, -0.25) is 9.59 Å². The highest BCUT2D eigenvalue weighted by molar-refractivity contribution is 5.94. The van der Waals surface area contributed by atoms with E-state index in [1.165, 1.54) is 6.92 Å². The SMILES string of the molecule is CC(=O)C1CC1C(=O)C[N+]#N. The molecule has 0 saturated heterocycles. The minimum absolute atomic E-state index is 0.0567. The molecule has 4 heteroatoms. The molecule has 0 bridgehead atoms. The van der Waals surface area contributed by atoms with Gasteiger partial charge < -0.3 is 0 Å². The third kappa shape index (κ3) is 1.61. The molecule has 1 saturated carbocycles.